The average Bonchev–Trinajstić information content (AvgIpc) is 2.79. The Hall–Kier alpha value is -2.71. The van der Waals surface area contributed by atoms with Crippen LogP contribution in [0, 0.1) is 0 Å². The van der Waals surface area contributed by atoms with Crippen molar-refractivity contribution in [2.45, 2.75) is 43.4 Å². The molecule has 1 N–H and O–H groups in total. The second-order valence-corrected chi connectivity index (χ2v) is 9.66. The molecule has 8 heteroatoms. The van der Waals surface area contributed by atoms with E-state index in [1.165, 1.54) is 16.4 Å². The Labute approximate surface area is 183 Å². The minimum atomic E-state index is -3.59. The number of carbonyl (C=O) groups is 2. The highest BCUT2D eigenvalue weighted by atomic mass is 32.2. The number of carbonyl (C=O) groups excluding carboxylic acids is 2. The lowest BCUT2D eigenvalue weighted by Crippen LogP contribution is -2.35. The standard InChI is InChI=1S/C23H28N2O5S/c1-18(19-9-4-2-5-10-19)15-23(27)30-17-22(26)24-20-11-8-12-21(16-20)31(28,29)25-13-6-3-7-14-25/h2,4-5,8-12,16,18H,3,6-7,13-15,17H2,1H3,(H,24,26). The van der Waals surface area contributed by atoms with Crippen LogP contribution in [0.2, 0.25) is 0 Å². The van der Waals surface area contributed by atoms with E-state index in [0.29, 0.717) is 18.8 Å². The number of esters is 1. The van der Waals surface area contributed by atoms with Gasteiger partial charge < -0.3 is 10.1 Å². The first-order valence-electron chi connectivity index (χ1n) is 10.5. The molecule has 0 radical (unpaired) electrons. The van der Waals surface area contributed by atoms with Crippen LogP contribution in [0.4, 0.5) is 5.69 Å². The number of hydrogen-bond acceptors (Lipinski definition) is 5. The zero-order valence-corrected chi connectivity index (χ0v) is 18.4. The van der Waals surface area contributed by atoms with E-state index in [1.807, 2.05) is 37.3 Å². The van der Waals surface area contributed by atoms with Crippen LogP contribution in [0.25, 0.3) is 0 Å². The monoisotopic (exact) mass is 444 g/mol. The number of sulfonamides is 1. The van der Waals surface area contributed by atoms with E-state index >= 15 is 0 Å². The van der Waals surface area contributed by atoms with Crippen LogP contribution >= 0.6 is 0 Å². The second kappa shape index (κ2) is 10.5. The Morgan fingerprint density at radius 2 is 1.74 bits per heavy atom. The fraction of sp³-hybridized carbons (Fsp3) is 0.391. The summed E-state index contributed by atoms with van der Waals surface area (Å²) >= 11 is 0. The second-order valence-electron chi connectivity index (χ2n) is 7.72. The maximum Gasteiger partial charge on any atom is 0.306 e. The molecule has 7 nitrogen and oxygen atoms in total. The van der Waals surface area contributed by atoms with Crippen LogP contribution in [-0.2, 0) is 24.3 Å². The van der Waals surface area contributed by atoms with Gasteiger partial charge in [-0.2, -0.15) is 4.31 Å². The Balaban J connectivity index is 1.52. The van der Waals surface area contributed by atoms with Crippen molar-refractivity contribution in [1.82, 2.24) is 4.31 Å². The van der Waals surface area contributed by atoms with Crippen molar-refractivity contribution in [3.63, 3.8) is 0 Å². The Kier molecular flexibility index (Phi) is 7.81. The number of piperidine rings is 1. The first kappa shape index (κ1) is 23.0. The lowest BCUT2D eigenvalue weighted by Gasteiger charge is -2.26. The maximum atomic E-state index is 12.8. The van der Waals surface area contributed by atoms with Gasteiger partial charge in [-0.25, -0.2) is 8.42 Å². The molecular formula is C23H28N2O5S. The number of hydrogen-bond donors (Lipinski definition) is 1. The SMILES string of the molecule is CC(CC(=O)OCC(=O)Nc1cccc(S(=O)(=O)N2CCCCC2)c1)c1ccccc1. The third-order valence-corrected chi connectivity index (χ3v) is 7.17. The van der Waals surface area contributed by atoms with Crippen LogP contribution < -0.4 is 5.32 Å². The predicted octanol–water partition coefficient (Wildman–Crippen LogP) is 3.54. The zero-order chi connectivity index (χ0) is 22.3. The number of benzene rings is 2. The first-order chi connectivity index (χ1) is 14.9. The van der Waals surface area contributed by atoms with Crippen molar-refractivity contribution in [2.24, 2.45) is 0 Å². The van der Waals surface area contributed by atoms with Gasteiger partial charge in [0.2, 0.25) is 10.0 Å². The molecule has 2 aromatic rings. The summed E-state index contributed by atoms with van der Waals surface area (Å²) in [6.07, 6.45) is 2.90. The van der Waals surface area contributed by atoms with E-state index in [9.17, 15) is 18.0 Å². The van der Waals surface area contributed by atoms with Crippen LogP contribution in [0.3, 0.4) is 0 Å². The summed E-state index contributed by atoms with van der Waals surface area (Å²) in [6, 6.07) is 15.7. The Bertz CT molecular complexity index is 1000. The molecule has 3 rings (SSSR count). The number of nitrogens with one attached hydrogen (secondary N) is 1. The van der Waals surface area contributed by atoms with Gasteiger partial charge in [0.15, 0.2) is 6.61 Å². The van der Waals surface area contributed by atoms with Gasteiger partial charge in [0.1, 0.15) is 0 Å². The molecule has 166 valence electrons. The van der Waals surface area contributed by atoms with Gasteiger partial charge in [0.05, 0.1) is 11.3 Å². The molecule has 1 saturated heterocycles. The zero-order valence-electron chi connectivity index (χ0n) is 17.6. The Morgan fingerprint density at radius 3 is 2.45 bits per heavy atom. The summed E-state index contributed by atoms with van der Waals surface area (Å²) < 4.78 is 32.2. The van der Waals surface area contributed by atoms with Crippen molar-refractivity contribution >= 4 is 27.6 Å². The molecule has 1 aliphatic heterocycles. The van der Waals surface area contributed by atoms with E-state index < -0.39 is 28.5 Å². The summed E-state index contributed by atoms with van der Waals surface area (Å²) in [4.78, 5) is 24.4. The van der Waals surface area contributed by atoms with Crippen molar-refractivity contribution in [1.29, 1.82) is 0 Å². The van der Waals surface area contributed by atoms with Gasteiger partial charge >= 0.3 is 5.97 Å². The summed E-state index contributed by atoms with van der Waals surface area (Å²) in [5.74, 6) is -1.00. The minimum Gasteiger partial charge on any atom is -0.456 e. The molecule has 2 aromatic carbocycles. The van der Waals surface area contributed by atoms with E-state index in [4.69, 9.17) is 4.74 Å². The molecule has 1 atom stereocenters. The molecule has 1 heterocycles. The summed E-state index contributed by atoms with van der Waals surface area (Å²) in [7, 11) is -3.59. The molecule has 1 amide bonds. The fourth-order valence-corrected chi connectivity index (χ4v) is 5.10. The lowest BCUT2D eigenvalue weighted by molar-refractivity contribution is -0.147. The lowest BCUT2D eigenvalue weighted by atomic mass is 9.98. The average molecular weight is 445 g/mol. The summed E-state index contributed by atoms with van der Waals surface area (Å²) in [5, 5.41) is 2.60. The van der Waals surface area contributed by atoms with Gasteiger partial charge in [-0.15, -0.1) is 0 Å². The molecule has 0 saturated carbocycles. The summed E-state index contributed by atoms with van der Waals surface area (Å²) in [5.41, 5.74) is 1.37. The molecule has 0 spiro atoms. The van der Waals surface area contributed by atoms with Gasteiger partial charge in [-0.1, -0.05) is 49.7 Å². The van der Waals surface area contributed by atoms with Crippen molar-refractivity contribution in [3.8, 4) is 0 Å². The largest absolute Gasteiger partial charge is 0.456 e. The van der Waals surface area contributed by atoms with Crippen molar-refractivity contribution in [2.75, 3.05) is 25.0 Å². The number of nitrogens with zero attached hydrogens (tertiary/aromatic N) is 1. The van der Waals surface area contributed by atoms with E-state index in [0.717, 1.165) is 24.8 Å². The van der Waals surface area contributed by atoms with Crippen LogP contribution in [-0.4, -0.2) is 44.3 Å². The molecule has 1 aliphatic rings. The quantitative estimate of drug-likeness (QED) is 0.629. The van der Waals surface area contributed by atoms with Crippen LogP contribution in [0.5, 0.6) is 0 Å². The number of amides is 1. The number of ether oxygens (including phenoxy) is 1. The van der Waals surface area contributed by atoms with Gasteiger partial charge in [0.25, 0.3) is 5.91 Å². The highest BCUT2D eigenvalue weighted by Crippen LogP contribution is 2.23. The molecule has 31 heavy (non-hydrogen) atoms. The molecule has 0 aromatic heterocycles. The first-order valence-corrected chi connectivity index (χ1v) is 11.9. The predicted molar refractivity (Wildman–Crippen MR) is 118 cm³/mol. The van der Waals surface area contributed by atoms with E-state index in [-0.39, 0.29) is 17.2 Å². The third kappa shape index (κ3) is 6.38. The van der Waals surface area contributed by atoms with Crippen molar-refractivity contribution in [3.05, 3.63) is 60.2 Å². The molecule has 0 aliphatic carbocycles. The van der Waals surface area contributed by atoms with E-state index in [2.05, 4.69) is 5.32 Å². The molecule has 0 bridgehead atoms. The Morgan fingerprint density at radius 1 is 1.03 bits per heavy atom. The van der Waals surface area contributed by atoms with Gasteiger partial charge in [0, 0.05) is 18.8 Å². The van der Waals surface area contributed by atoms with E-state index in [1.54, 1.807) is 12.1 Å². The summed E-state index contributed by atoms with van der Waals surface area (Å²) in [6.45, 7) is 2.51. The van der Waals surface area contributed by atoms with Crippen molar-refractivity contribution < 1.29 is 22.7 Å². The highest BCUT2D eigenvalue weighted by Gasteiger charge is 2.26. The smallest absolute Gasteiger partial charge is 0.306 e. The third-order valence-electron chi connectivity index (χ3n) is 5.28. The number of rotatable bonds is 8. The molecular weight excluding hydrogens is 416 g/mol. The maximum absolute atomic E-state index is 12.8. The fourth-order valence-electron chi connectivity index (χ4n) is 3.54. The molecule has 1 unspecified atom stereocenters. The van der Waals surface area contributed by atoms with Gasteiger partial charge in [-0.3, -0.25) is 9.59 Å². The normalized spacial score (nSPS) is 15.8. The highest BCUT2D eigenvalue weighted by molar-refractivity contribution is 7.89. The van der Waals surface area contributed by atoms with Crippen LogP contribution in [0.1, 0.15) is 44.1 Å². The topological polar surface area (TPSA) is 92.8 Å². The number of anilines is 1. The van der Waals surface area contributed by atoms with Gasteiger partial charge in [-0.05, 0) is 42.5 Å². The van der Waals surface area contributed by atoms with Crippen LogP contribution in [0.15, 0.2) is 59.5 Å². The minimum absolute atomic E-state index is 0.0200. The molecule has 1 fully saturated rings.